The second-order valence-electron chi connectivity index (χ2n) is 5.07. The van der Waals surface area contributed by atoms with Crippen LogP contribution in [0.1, 0.15) is 11.3 Å². The number of nitro benzene ring substituents is 1. The number of hydrogen-bond acceptors (Lipinski definition) is 6. The molecule has 0 unspecified atom stereocenters. The van der Waals surface area contributed by atoms with E-state index in [9.17, 15) is 10.1 Å². The van der Waals surface area contributed by atoms with Crippen molar-refractivity contribution in [1.82, 2.24) is 16.3 Å². The Morgan fingerprint density at radius 1 is 1.12 bits per heavy atom. The fraction of sp³-hybridized carbons (Fsp3) is 0.125. The first-order valence-corrected chi connectivity index (χ1v) is 7.67. The fourth-order valence-electron chi connectivity index (χ4n) is 2.42. The van der Waals surface area contributed by atoms with Crippen LogP contribution in [0, 0.1) is 10.1 Å². The molecule has 0 aliphatic heterocycles. The number of nitrogens with zero attached hydrogens (tertiary/aromatic N) is 3. The lowest BCUT2D eigenvalue weighted by atomic mass is 10.0. The zero-order chi connectivity index (χ0) is 17.3. The second kappa shape index (κ2) is 7.60. The summed E-state index contributed by atoms with van der Waals surface area (Å²) >= 11 is 12.2. The molecule has 130 valence electrons. The Kier molecular flexibility index (Phi) is 5.73. The minimum Gasteiger partial charge on any atom is -0.495 e. The maximum atomic E-state index is 11.0. The molecule has 0 fully saturated rings. The summed E-state index contributed by atoms with van der Waals surface area (Å²) in [6.45, 7) is 0. The van der Waals surface area contributed by atoms with Crippen LogP contribution in [0.25, 0.3) is 10.8 Å². The van der Waals surface area contributed by atoms with Gasteiger partial charge in [-0.25, -0.2) is 0 Å². The van der Waals surface area contributed by atoms with E-state index in [1.807, 2.05) is 6.07 Å². The van der Waals surface area contributed by atoms with Gasteiger partial charge >= 0.3 is 0 Å². The van der Waals surface area contributed by atoms with Crippen LogP contribution >= 0.6 is 23.2 Å². The Labute approximate surface area is 153 Å². The number of rotatable bonds is 4. The number of nitro groups is 1. The van der Waals surface area contributed by atoms with Crippen molar-refractivity contribution < 1.29 is 9.66 Å². The summed E-state index contributed by atoms with van der Waals surface area (Å²) in [4.78, 5) is 10.6. The molecule has 3 aromatic rings. The average Bonchev–Trinajstić information content (AvgIpc) is 2.57. The number of halogens is 2. The summed E-state index contributed by atoms with van der Waals surface area (Å²) in [5.41, 5.74) is 1.44. The van der Waals surface area contributed by atoms with Crippen molar-refractivity contribution >= 4 is 39.7 Å². The Bertz CT molecular complexity index is 950. The van der Waals surface area contributed by atoms with Crippen LogP contribution in [0.4, 0.5) is 5.69 Å². The van der Waals surface area contributed by atoms with E-state index in [1.54, 1.807) is 18.2 Å². The quantitative estimate of drug-likeness (QED) is 0.522. The fourth-order valence-corrected chi connectivity index (χ4v) is 2.90. The van der Waals surface area contributed by atoms with E-state index >= 15 is 0 Å². The first-order chi connectivity index (χ1) is 11.5. The van der Waals surface area contributed by atoms with Gasteiger partial charge < -0.3 is 10.9 Å². The Morgan fingerprint density at radius 2 is 1.88 bits per heavy atom. The number of ether oxygens (including phenoxy) is 1. The van der Waals surface area contributed by atoms with Crippen LogP contribution < -0.4 is 10.9 Å². The van der Waals surface area contributed by atoms with Gasteiger partial charge in [-0.1, -0.05) is 29.3 Å². The molecule has 0 amide bonds. The molecule has 0 spiro atoms. The van der Waals surface area contributed by atoms with Crippen molar-refractivity contribution in [3.05, 3.63) is 67.9 Å². The van der Waals surface area contributed by atoms with Crippen molar-refractivity contribution in [2.24, 2.45) is 0 Å². The molecule has 0 saturated carbocycles. The second-order valence-corrected chi connectivity index (χ2v) is 5.84. The first-order valence-electron chi connectivity index (χ1n) is 6.91. The maximum Gasteiger partial charge on any atom is 0.270 e. The minimum atomic E-state index is -0.457. The van der Waals surface area contributed by atoms with E-state index < -0.39 is 4.92 Å². The summed E-state index contributed by atoms with van der Waals surface area (Å²) in [6, 6.07) is 9.80. The Hall–Kier alpha value is -2.48. The molecule has 0 saturated heterocycles. The van der Waals surface area contributed by atoms with Gasteiger partial charge in [0.1, 0.15) is 5.75 Å². The zero-order valence-corrected chi connectivity index (χ0v) is 14.7. The SMILES string of the molecule is COc1ccc(Cc2nnc(Cl)c3ccc([N+](=O)[O-])cc23)cc1Cl.N. The molecule has 7 nitrogen and oxygen atoms in total. The third-order valence-electron chi connectivity index (χ3n) is 3.59. The summed E-state index contributed by atoms with van der Waals surface area (Å²) in [5, 5.41) is 20.9. The molecule has 0 aliphatic carbocycles. The first kappa shape index (κ1) is 18.9. The lowest BCUT2D eigenvalue weighted by Gasteiger charge is -2.08. The van der Waals surface area contributed by atoms with Crippen LogP contribution in [0.2, 0.25) is 10.2 Å². The van der Waals surface area contributed by atoms with Gasteiger partial charge in [-0.15, -0.1) is 5.10 Å². The lowest BCUT2D eigenvalue weighted by molar-refractivity contribution is -0.384. The predicted octanol–water partition coefficient (Wildman–Crippen LogP) is 4.61. The summed E-state index contributed by atoms with van der Waals surface area (Å²) in [7, 11) is 1.54. The Morgan fingerprint density at radius 3 is 2.52 bits per heavy atom. The van der Waals surface area contributed by atoms with Crippen molar-refractivity contribution in [3.63, 3.8) is 0 Å². The summed E-state index contributed by atoms with van der Waals surface area (Å²) in [5.74, 6) is 0.572. The van der Waals surface area contributed by atoms with E-state index in [0.717, 1.165) is 5.56 Å². The molecule has 9 heteroatoms. The monoisotopic (exact) mass is 380 g/mol. The normalized spacial score (nSPS) is 10.4. The van der Waals surface area contributed by atoms with Crippen molar-refractivity contribution in [2.45, 2.75) is 6.42 Å². The van der Waals surface area contributed by atoms with E-state index in [2.05, 4.69) is 10.2 Å². The summed E-state index contributed by atoms with van der Waals surface area (Å²) < 4.78 is 5.13. The largest absolute Gasteiger partial charge is 0.495 e. The zero-order valence-electron chi connectivity index (χ0n) is 13.2. The number of fused-ring (bicyclic) bond motifs is 1. The molecule has 1 aromatic heterocycles. The van der Waals surface area contributed by atoms with Gasteiger partial charge in [0.25, 0.3) is 5.69 Å². The summed E-state index contributed by atoms with van der Waals surface area (Å²) in [6.07, 6.45) is 0.408. The molecule has 3 rings (SSSR count). The van der Waals surface area contributed by atoms with Gasteiger partial charge in [-0.3, -0.25) is 10.1 Å². The van der Waals surface area contributed by atoms with Crippen molar-refractivity contribution in [3.8, 4) is 5.75 Å². The molecule has 0 bridgehead atoms. The smallest absolute Gasteiger partial charge is 0.270 e. The minimum absolute atomic E-state index is 0. The highest BCUT2D eigenvalue weighted by Gasteiger charge is 2.14. The number of non-ortho nitro benzene ring substituents is 1. The van der Waals surface area contributed by atoms with Crippen molar-refractivity contribution in [1.29, 1.82) is 0 Å². The molecule has 1 heterocycles. The molecule has 0 radical (unpaired) electrons. The van der Waals surface area contributed by atoms with E-state index in [4.69, 9.17) is 27.9 Å². The molecular formula is C16H14Cl2N4O3. The van der Waals surface area contributed by atoms with E-state index in [-0.39, 0.29) is 17.0 Å². The van der Waals surface area contributed by atoms with Crippen LogP contribution in [0.5, 0.6) is 5.75 Å². The van der Waals surface area contributed by atoms with Crippen LogP contribution in [-0.4, -0.2) is 22.2 Å². The number of hydrogen-bond donors (Lipinski definition) is 1. The predicted molar refractivity (Wildman–Crippen MR) is 97.0 cm³/mol. The van der Waals surface area contributed by atoms with Gasteiger partial charge in [0.05, 0.1) is 22.7 Å². The third kappa shape index (κ3) is 3.79. The highest BCUT2D eigenvalue weighted by atomic mass is 35.5. The highest BCUT2D eigenvalue weighted by Crippen LogP contribution is 2.30. The molecule has 25 heavy (non-hydrogen) atoms. The lowest BCUT2D eigenvalue weighted by Crippen LogP contribution is -1.99. The van der Waals surface area contributed by atoms with Gasteiger partial charge in [-0.2, -0.15) is 5.10 Å². The van der Waals surface area contributed by atoms with E-state index in [0.29, 0.717) is 33.7 Å². The number of aromatic nitrogens is 2. The molecule has 3 N–H and O–H groups in total. The van der Waals surface area contributed by atoms with Crippen molar-refractivity contribution in [2.75, 3.05) is 7.11 Å². The van der Waals surface area contributed by atoms with Crippen LogP contribution in [-0.2, 0) is 6.42 Å². The maximum absolute atomic E-state index is 11.0. The van der Waals surface area contributed by atoms with E-state index in [1.165, 1.54) is 19.2 Å². The molecule has 2 aromatic carbocycles. The van der Waals surface area contributed by atoms with Gasteiger partial charge in [0, 0.05) is 29.3 Å². The average molecular weight is 381 g/mol. The van der Waals surface area contributed by atoms with Gasteiger partial charge in [0.2, 0.25) is 0 Å². The number of methoxy groups -OCH3 is 1. The molecule has 0 atom stereocenters. The Balaban J connectivity index is 0.00000225. The van der Waals surface area contributed by atoms with Crippen LogP contribution in [0.15, 0.2) is 36.4 Å². The third-order valence-corrected chi connectivity index (χ3v) is 4.17. The van der Waals surface area contributed by atoms with Gasteiger partial charge in [-0.05, 0) is 23.8 Å². The van der Waals surface area contributed by atoms with Gasteiger partial charge in [0.15, 0.2) is 5.15 Å². The number of benzene rings is 2. The molecule has 0 aliphatic rings. The highest BCUT2D eigenvalue weighted by molar-refractivity contribution is 6.34. The van der Waals surface area contributed by atoms with Crippen LogP contribution in [0.3, 0.4) is 0 Å². The topological polar surface area (TPSA) is 113 Å². The standard InChI is InChI=1S/C16H11Cl2N3O3.H3N/c1-24-15-5-2-9(6-13(15)17)7-14-12-8-10(21(22)23)3-4-11(12)16(18)20-19-14;/h2-6,8H,7H2,1H3;1H3. The molecular weight excluding hydrogens is 367 g/mol.